The monoisotopic (exact) mass is 263 g/mol. The number of nitrogens with zero attached hydrogens (tertiary/aromatic N) is 2. The number of carbonyl (C=O) groups is 1. The van der Waals surface area contributed by atoms with Crippen molar-refractivity contribution >= 4 is 11.6 Å². The first-order valence-electron chi connectivity index (χ1n) is 6.11. The summed E-state index contributed by atoms with van der Waals surface area (Å²) in [7, 11) is 1.64. The summed E-state index contributed by atoms with van der Waals surface area (Å²) in [5, 5.41) is 11.4. The zero-order valence-corrected chi connectivity index (χ0v) is 11.4. The van der Waals surface area contributed by atoms with Crippen LogP contribution in [0.4, 0.5) is 10.1 Å². The molecule has 0 fully saturated rings. The van der Waals surface area contributed by atoms with Gasteiger partial charge in [0.1, 0.15) is 5.82 Å². The molecule has 1 amide bonds. The number of hydrogen-bond donors (Lipinski definition) is 1. The Bertz CT molecular complexity index is 494. The van der Waals surface area contributed by atoms with Gasteiger partial charge in [-0.2, -0.15) is 5.26 Å². The molecule has 0 aliphatic rings. The Morgan fingerprint density at radius 3 is 2.74 bits per heavy atom. The van der Waals surface area contributed by atoms with Gasteiger partial charge in [-0.3, -0.25) is 4.79 Å². The number of carbonyl (C=O) groups excluding carboxylic acids is 1. The lowest BCUT2D eigenvalue weighted by Crippen LogP contribution is -2.37. The molecule has 19 heavy (non-hydrogen) atoms. The van der Waals surface area contributed by atoms with Gasteiger partial charge < -0.3 is 10.2 Å². The summed E-state index contributed by atoms with van der Waals surface area (Å²) in [6.07, 6.45) is 0. The van der Waals surface area contributed by atoms with Crippen LogP contribution in [0.15, 0.2) is 18.2 Å². The number of likely N-dealkylation sites (N-methyl/N-ethyl adjacent to an activating group) is 1. The molecule has 1 rings (SSSR count). The highest BCUT2D eigenvalue weighted by atomic mass is 19.1. The van der Waals surface area contributed by atoms with Crippen LogP contribution in [0.5, 0.6) is 0 Å². The van der Waals surface area contributed by atoms with Crippen molar-refractivity contribution in [3.8, 4) is 6.07 Å². The summed E-state index contributed by atoms with van der Waals surface area (Å²) < 4.78 is 13.7. The van der Waals surface area contributed by atoms with E-state index in [1.807, 2.05) is 19.9 Å². The molecular formula is C14H18FN3O. The predicted molar refractivity (Wildman–Crippen MR) is 72.2 cm³/mol. The number of benzene rings is 1. The van der Waals surface area contributed by atoms with E-state index in [2.05, 4.69) is 5.32 Å². The third kappa shape index (κ3) is 4.59. The third-order valence-corrected chi connectivity index (χ3v) is 2.58. The van der Waals surface area contributed by atoms with Crippen LogP contribution in [-0.4, -0.2) is 26.0 Å². The lowest BCUT2D eigenvalue weighted by molar-refractivity contribution is -0.119. The van der Waals surface area contributed by atoms with Crippen molar-refractivity contribution < 1.29 is 9.18 Å². The van der Waals surface area contributed by atoms with E-state index in [9.17, 15) is 9.18 Å². The Hall–Kier alpha value is -2.09. The maximum Gasteiger partial charge on any atom is 0.239 e. The van der Waals surface area contributed by atoms with Crippen molar-refractivity contribution in [2.75, 3.05) is 25.0 Å². The molecule has 102 valence electrons. The van der Waals surface area contributed by atoms with Gasteiger partial charge in [0.2, 0.25) is 5.91 Å². The fraction of sp³-hybridized carbons (Fsp3) is 0.429. The Morgan fingerprint density at radius 2 is 2.21 bits per heavy atom. The van der Waals surface area contributed by atoms with Gasteiger partial charge >= 0.3 is 0 Å². The Balaban J connectivity index is 2.66. The number of halogens is 1. The minimum absolute atomic E-state index is 0.0789. The van der Waals surface area contributed by atoms with Crippen LogP contribution in [0.2, 0.25) is 0 Å². The molecule has 0 saturated carbocycles. The maximum absolute atomic E-state index is 13.7. The molecule has 5 heteroatoms. The van der Waals surface area contributed by atoms with Crippen molar-refractivity contribution in [3.63, 3.8) is 0 Å². The molecule has 0 aliphatic heterocycles. The summed E-state index contributed by atoms with van der Waals surface area (Å²) in [6, 6.07) is 6.07. The average molecular weight is 263 g/mol. The van der Waals surface area contributed by atoms with Crippen molar-refractivity contribution in [2.45, 2.75) is 13.8 Å². The quantitative estimate of drug-likeness (QED) is 0.882. The van der Waals surface area contributed by atoms with E-state index in [0.29, 0.717) is 18.2 Å². The van der Waals surface area contributed by atoms with E-state index >= 15 is 0 Å². The highest BCUT2D eigenvalue weighted by Crippen LogP contribution is 2.18. The van der Waals surface area contributed by atoms with E-state index in [1.54, 1.807) is 7.05 Å². The molecule has 0 saturated heterocycles. The first-order chi connectivity index (χ1) is 8.93. The molecule has 4 nitrogen and oxygen atoms in total. The minimum atomic E-state index is -0.502. The van der Waals surface area contributed by atoms with Crippen molar-refractivity contribution in [1.29, 1.82) is 5.26 Å². The molecule has 1 N–H and O–H groups in total. The lowest BCUT2D eigenvalue weighted by Gasteiger charge is -2.19. The summed E-state index contributed by atoms with van der Waals surface area (Å²) in [5.41, 5.74) is 0.567. The molecule has 1 aromatic rings. The van der Waals surface area contributed by atoms with E-state index in [0.717, 1.165) is 6.07 Å². The van der Waals surface area contributed by atoms with E-state index in [-0.39, 0.29) is 18.0 Å². The molecule has 0 unspecified atom stereocenters. The van der Waals surface area contributed by atoms with Crippen LogP contribution in [0.3, 0.4) is 0 Å². The normalized spacial score (nSPS) is 10.1. The number of nitriles is 1. The minimum Gasteiger partial charge on any atom is -0.363 e. The highest BCUT2D eigenvalue weighted by Gasteiger charge is 2.12. The van der Waals surface area contributed by atoms with Gasteiger partial charge in [0.05, 0.1) is 23.9 Å². The zero-order chi connectivity index (χ0) is 14.4. The van der Waals surface area contributed by atoms with Crippen LogP contribution in [0, 0.1) is 23.1 Å². The van der Waals surface area contributed by atoms with E-state index < -0.39 is 5.82 Å². The maximum atomic E-state index is 13.7. The van der Waals surface area contributed by atoms with Crippen LogP contribution in [0.25, 0.3) is 0 Å². The largest absolute Gasteiger partial charge is 0.363 e. The molecule has 0 atom stereocenters. The zero-order valence-electron chi connectivity index (χ0n) is 11.4. The average Bonchev–Trinajstić information content (AvgIpc) is 2.35. The van der Waals surface area contributed by atoms with Crippen molar-refractivity contribution in [1.82, 2.24) is 5.32 Å². The second-order valence-electron chi connectivity index (χ2n) is 4.83. The fourth-order valence-electron chi connectivity index (χ4n) is 1.56. The number of hydrogen-bond acceptors (Lipinski definition) is 3. The summed E-state index contributed by atoms with van der Waals surface area (Å²) in [4.78, 5) is 13.2. The second-order valence-corrected chi connectivity index (χ2v) is 4.83. The van der Waals surface area contributed by atoms with Crippen LogP contribution < -0.4 is 10.2 Å². The van der Waals surface area contributed by atoms with Gasteiger partial charge in [-0.25, -0.2) is 4.39 Å². The van der Waals surface area contributed by atoms with Gasteiger partial charge in [0.25, 0.3) is 0 Å². The molecule has 0 bridgehead atoms. The van der Waals surface area contributed by atoms with Crippen molar-refractivity contribution in [2.24, 2.45) is 5.92 Å². The molecule has 0 aliphatic carbocycles. The van der Waals surface area contributed by atoms with Gasteiger partial charge in [-0.15, -0.1) is 0 Å². The summed E-state index contributed by atoms with van der Waals surface area (Å²) >= 11 is 0. The molecule has 0 spiro atoms. The number of nitrogens with one attached hydrogen (secondary N) is 1. The standard InChI is InChI=1S/C14H18FN3O/c1-10(2)8-17-14(19)9-18(3)13-5-4-11(7-16)6-12(13)15/h4-6,10H,8-9H2,1-3H3,(H,17,19). The van der Waals surface area contributed by atoms with Crippen LogP contribution in [-0.2, 0) is 4.79 Å². The number of rotatable bonds is 5. The van der Waals surface area contributed by atoms with Gasteiger partial charge in [0, 0.05) is 13.6 Å². The van der Waals surface area contributed by atoms with Gasteiger partial charge in [-0.1, -0.05) is 13.8 Å². The summed E-state index contributed by atoms with van der Waals surface area (Å²) in [6.45, 7) is 4.69. The Kier molecular flexibility index (Phi) is 5.31. The van der Waals surface area contributed by atoms with Gasteiger partial charge in [0.15, 0.2) is 0 Å². The van der Waals surface area contributed by atoms with Crippen molar-refractivity contribution in [3.05, 3.63) is 29.6 Å². The Labute approximate surface area is 112 Å². The number of amides is 1. The molecule has 0 radical (unpaired) electrons. The molecular weight excluding hydrogens is 245 g/mol. The van der Waals surface area contributed by atoms with Crippen LogP contribution >= 0.6 is 0 Å². The van der Waals surface area contributed by atoms with E-state index in [4.69, 9.17) is 5.26 Å². The lowest BCUT2D eigenvalue weighted by atomic mass is 10.2. The Morgan fingerprint density at radius 1 is 1.53 bits per heavy atom. The van der Waals surface area contributed by atoms with Crippen LogP contribution in [0.1, 0.15) is 19.4 Å². The second kappa shape index (κ2) is 6.74. The highest BCUT2D eigenvalue weighted by molar-refractivity contribution is 5.81. The fourth-order valence-corrected chi connectivity index (χ4v) is 1.56. The third-order valence-electron chi connectivity index (χ3n) is 2.58. The molecule has 0 heterocycles. The number of anilines is 1. The van der Waals surface area contributed by atoms with Gasteiger partial charge in [-0.05, 0) is 24.1 Å². The predicted octanol–water partition coefficient (Wildman–Crippen LogP) is 1.91. The topological polar surface area (TPSA) is 56.1 Å². The first-order valence-corrected chi connectivity index (χ1v) is 6.11. The van der Waals surface area contributed by atoms with E-state index in [1.165, 1.54) is 17.0 Å². The SMILES string of the molecule is CC(C)CNC(=O)CN(C)c1ccc(C#N)cc1F. The smallest absolute Gasteiger partial charge is 0.239 e. The molecule has 0 aromatic heterocycles. The first kappa shape index (κ1) is 15.0. The summed E-state index contributed by atoms with van der Waals surface area (Å²) in [5.74, 6) is -0.279. The molecule has 1 aromatic carbocycles.